The average Bonchev–Trinajstić information content (AvgIpc) is 2.62. The highest BCUT2D eigenvalue weighted by Crippen LogP contribution is 2.52. The van der Waals surface area contributed by atoms with E-state index in [9.17, 15) is 0 Å². The summed E-state index contributed by atoms with van der Waals surface area (Å²) in [5.41, 5.74) is 1.57. The van der Waals surface area contributed by atoms with E-state index >= 15 is 0 Å². The topological polar surface area (TPSA) is 15.3 Å². The Morgan fingerprint density at radius 1 is 1.27 bits per heavy atom. The molecule has 3 rings (SSSR count). The second kappa shape index (κ2) is 5.54. The summed E-state index contributed by atoms with van der Waals surface area (Å²) in [6.07, 6.45) is 3.68. The molecule has 0 amide bonds. The molecule has 0 unspecified atom stereocenters. The number of hydrogen-bond acceptors (Lipinski definition) is 1. The first-order chi connectivity index (χ1) is 10.2. The smallest absolute Gasteiger partial charge is 0.173 e. The third-order valence-corrected chi connectivity index (χ3v) is 5.73. The third-order valence-electron chi connectivity index (χ3n) is 4.85. The highest BCUT2D eigenvalue weighted by Gasteiger charge is 2.50. The summed E-state index contributed by atoms with van der Waals surface area (Å²) in [6, 6.07) is 5.97. The van der Waals surface area contributed by atoms with Crippen molar-refractivity contribution in [3.05, 3.63) is 28.2 Å². The van der Waals surface area contributed by atoms with Crippen LogP contribution in [0.3, 0.4) is 0 Å². The minimum atomic E-state index is 0.363. The second-order valence-electron chi connectivity index (χ2n) is 7.90. The maximum absolute atomic E-state index is 6.24. The van der Waals surface area contributed by atoms with Crippen LogP contribution in [0.4, 0.5) is 5.69 Å². The van der Waals surface area contributed by atoms with Gasteiger partial charge in [0.15, 0.2) is 5.11 Å². The van der Waals surface area contributed by atoms with E-state index in [2.05, 4.69) is 31.0 Å². The Balaban J connectivity index is 1.76. The lowest BCUT2D eigenvalue weighted by Crippen LogP contribution is -2.40. The van der Waals surface area contributed by atoms with E-state index in [1.807, 2.05) is 12.1 Å². The molecule has 22 heavy (non-hydrogen) atoms. The van der Waals surface area contributed by atoms with Gasteiger partial charge in [-0.2, -0.15) is 0 Å². The van der Waals surface area contributed by atoms with Crippen molar-refractivity contribution in [2.24, 2.45) is 10.8 Å². The minimum Gasteiger partial charge on any atom is -0.345 e. The second-order valence-corrected chi connectivity index (χ2v) is 9.13. The van der Waals surface area contributed by atoms with E-state index in [-0.39, 0.29) is 0 Å². The van der Waals surface area contributed by atoms with E-state index in [0.717, 1.165) is 17.3 Å². The molecule has 2 fully saturated rings. The van der Waals surface area contributed by atoms with Crippen LogP contribution in [0.5, 0.6) is 0 Å². The number of anilines is 1. The van der Waals surface area contributed by atoms with Crippen LogP contribution in [0.15, 0.2) is 18.2 Å². The number of hydrogen-bond donors (Lipinski definition) is 1. The zero-order valence-corrected chi connectivity index (χ0v) is 15.6. The van der Waals surface area contributed by atoms with Gasteiger partial charge >= 0.3 is 0 Å². The Kier molecular flexibility index (Phi) is 4.12. The monoisotopic (exact) mass is 356 g/mol. The van der Waals surface area contributed by atoms with Crippen molar-refractivity contribution < 1.29 is 0 Å². The first kappa shape index (κ1) is 16.4. The van der Waals surface area contributed by atoms with Crippen LogP contribution in [0.1, 0.15) is 40.0 Å². The van der Waals surface area contributed by atoms with Gasteiger partial charge in [-0.05, 0) is 60.5 Å². The highest BCUT2D eigenvalue weighted by molar-refractivity contribution is 7.80. The minimum absolute atomic E-state index is 0.363. The predicted molar refractivity (Wildman–Crippen MR) is 98.9 cm³/mol. The zero-order chi connectivity index (χ0) is 16.1. The quantitative estimate of drug-likeness (QED) is 0.660. The van der Waals surface area contributed by atoms with Crippen molar-refractivity contribution in [1.29, 1.82) is 0 Å². The molecule has 1 N–H and O–H groups in total. The van der Waals surface area contributed by atoms with E-state index in [1.54, 1.807) is 6.07 Å². The summed E-state index contributed by atoms with van der Waals surface area (Å²) in [6.45, 7) is 8.15. The molecule has 1 aromatic carbocycles. The SMILES string of the molecule is CC1(C)C[C@H]2C[C@](C)(CN2C(=S)Nc2ccc(Cl)cc2Cl)C1. The first-order valence-corrected chi connectivity index (χ1v) is 8.87. The van der Waals surface area contributed by atoms with Crippen LogP contribution in [-0.2, 0) is 0 Å². The molecule has 120 valence electrons. The number of rotatable bonds is 1. The number of halogens is 2. The molecule has 1 saturated heterocycles. The van der Waals surface area contributed by atoms with Crippen LogP contribution < -0.4 is 5.32 Å². The Labute approximate surface area is 148 Å². The molecule has 1 aliphatic carbocycles. The fraction of sp³-hybridized carbons (Fsp3) is 0.588. The molecule has 5 heteroatoms. The van der Waals surface area contributed by atoms with Gasteiger partial charge in [-0.25, -0.2) is 0 Å². The van der Waals surface area contributed by atoms with E-state index in [0.29, 0.717) is 26.9 Å². The van der Waals surface area contributed by atoms with Gasteiger partial charge < -0.3 is 10.2 Å². The standard InChI is InChI=1S/C17H22Cl2N2S/c1-16(2)7-12-8-17(3,9-16)10-21(12)15(22)20-14-5-4-11(18)6-13(14)19/h4-6,12H,7-10H2,1-3H3,(H,20,22)/t12-,17-/m0/s1. The van der Waals surface area contributed by atoms with Crippen LogP contribution >= 0.6 is 35.4 Å². The summed E-state index contributed by atoms with van der Waals surface area (Å²) in [7, 11) is 0. The maximum atomic E-state index is 6.24. The van der Waals surface area contributed by atoms with Crippen molar-refractivity contribution in [1.82, 2.24) is 4.90 Å². The van der Waals surface area contributed by atoms with Crippen LogP contribution in [0.2, 0.25) is 10.0 Å². The van der Waals surface area contributed by atoms with Crippen LogP contribution in [0.25, 0.3) is 0 Å². The van der Waals surface area contributed by atoms with Crippen molar-refractivity contribution in [2.75, 3.05) is 11.9 Å². The van der Waals surface area contributed by atoms with Gasteiger partial charge in [-0.3, -0.25) is 0 Å². The fourth-order valence-corrected chi connectivity index (χ4v) is 5.25. The van der Waals surface area contributed by atoms with Gasteiger partial charge in [0.05, 0.1) is 10.7 Å². The van der Waals surface area contributed by atoms with Gasteiger partial charge in [0.2, 0.25) is 0 Å². The van der Waals surface area contributed by atoms with Crippen molar-refractivity contribution >= 4 is 46.2 Å². The summed E-state index contributed by atoms with van der Waals surface area (Å²) >= 11 is 17.8. The zero-order valence-electron chi connectivity index (χ0n) is 13.2. The molecule has 0 radical (unpaired) electrons. The molecule has 2 atom stereocenters. The molecule has 1 aliphatic heterocycles. The molecule has 2 bridgehead atoms. The average molecular weight is 357 g/mol. The largest absolute Gasteiger partial charge is 0.345 e. The predicted octanol–water partition coefficient (Wildman–Crippen LogP) is 5.59. The van der Waals surface area contributed by atoms with Crippen LogP contribution in [0, 0.1) is 10.8 Å². The number of likely N-dealkylation sites (tertiary alicyclic amines) is 1. The molecule has 0 spiro atoms. The first-order valence-electron chi connectivity index (χ1n) is 7.70. The number of thiocarbonyl (C=S) groups is 1. The van der Waals surface area contributed by atoms with Gasteiger partial charge in [-0.15, -0.1) is 0 Å². The maximum Gasteiger partial charge on any atom is 0.173 e. The van der Waals surface area contributed by atoms with E-state index in [1.165, 1.54) is 19.3 Å². The summed E-state index contributed by atoms with van der Waals surface area (Å²) in [5.74, 6) is 0. The van der Waals surface area contributed by atoms with E-state index < -0.39 is 0 Å². The molecule has 1 heterocycles. The van der Waals surface area contributed by atoms with Gasteiger partial charge in [0.1, 0.15) is 0 Å². The Morgan fingerprint density at radius 3 is 2.68 bits per heavy atom. The van der Waals surface area contributed by atoms with Crippen molar-refractivity contribution in [2.45, 2.75) is 46.1 Å². The number of nitrogens with one attached hydrogen (secondary N) is 1. The molecule has 0 aromatic heterocycles. The van der Waals surface area contributed by atoms with Gasteiger partial charge in [0.25, 0.3) is 0 Å². The lowest BCUT2D eigenvalue weighted by Gasteiger charge is -2.39. The Morgan fingerprint density at radius 2 is 2.00 bits per heavy atom. The Hall–Kier alpha value is -0.510. The molecule has 1 aromatic rings. The molecule has 1 saturated carbocycles. The van der Waals surface area contributed by atoms with Crippen molar-refractivity contribution in [3.63, 3.8) is 0 Å². The number of nitrogens with zero attached hydrogens (tertiary/aromatic N) is 1. The van der Waals surface area contributed by atoms with Crippen LogP contribution in [-0.4, -0.2) is 22.6 Å². The summed E-state index contributed by atoms with van der Waals surface area (Å²) in [5, 5.41) is 5.31. The molecular formula is C17H22Cl2N2S. The van der Waals surface area contributed by atoms with Gasteiger partial charge in [0, 0.05) is 17.6 Å². The van der Waals surface area contributed by atoms with E-state index in [4.69, 9.17) is 35.4 Å². The Bertz CT molecular complexity index is 617. The number of fused-ring (bicyclic) bond motifs is 2. The third kappa shape index (κ3) is 3.22. The number of benzene rings is 1. The molecular weight excluding hydrogens is 335 g/mol. The fourth-order valence-electron chi connectivity index (χ4n) is 4.48. The highest BCUT2D eigenvalue weighted by atomic mass is 35.5. The summed E-state index contributed by atoms with van der Waals surface area (Å²) < 4.78 is 0. The molecule has 2 aliphatic rings. The lowest BCUT2D eigenvalue weighted by atomic mass is 9.65. The lowest BCUT2D eigenvalue weighted by molar-refractivity contribution is 0.132. The normalized spacial score (nSPS) is 29.5. The summed E-state index contributed by atoms with van der Waals surface area (Å²) in [4.78, 5) is 2.36. The van der Waals surface area contributed by atoms with Crippen molar-refractivity contribution in [3.8, 4) is 0 Å². The van der Waals surface area contributed by atoms with Gasteiger partial charge in [-0.1, -0.05) is 44.0 Å². The molecule has 2 nitrogen and oxygen atoms in total.